The highest BCUT2D eigenvalue weighted by molar-refractivity contribution is 5.79. The molecule has 5 nitrogen and oxygen atoms in total. The van der Waals surface area contributed by atoms with Crippen molar-refractivity contribution in [1.82, 2.24) is 14.7 Å². The van der Waals surface area contributed by atoms with E-state index in [0.717, 1.165) is 52.1 Å². The molecule has 0 unspecified atom stereocenters. The summed E-state index contributed by atoms with van der Waals surface area (Å²) in [6.45, 7) is 11.8. The average molecular weight is 309 g/mol. The van der Waals surface area contributed by atoms with E-state index in [2.05, 4.69) is 25.7 Å². The second-order valence-electron chi connectivity index (χ2n) is 7.84. The van der Waals surface area contributed by atoms with Crippen LogP contribution >= 0.6 is 0 Å². The number of likely N-dealkylation sites (tertiary alicyclic amines) is 1. The average Bonchev–Trinajstić information content (AvgIpc) is 2.47. The molecule has 0 N–H and O–H groups in total. The van der Waals surface area contributed by atoms with Crippen molar-refractivity contribution in [3.8, 4) is 0 Å². The van der Waals surface area contributed by atoms with E-state index in [0.29, 0.717) is 13.0 Å². The molecule has 0 spiro atoms. The SMILES string of the molecule is CC(C)(C)CC(=O)N1CCN(CC(=O)N2CCCCC2)CC1. The number of amides is 2. The predicted molar refractivity (Wildman–Crippen MR) is 87.5 cm³/mol. The van der Waals surface area contributed by atoms with Gasteiger partial charge in [0.15, 0.2) is 0 Å². The van der Waals surface area contributed by atoms with Crippen LogP contribution in [0.25, 0.3) is 0 Å². The fourth-order valence-electron chi connectivity index (χ4n) is 3.16. The van der Waals surface area contributed by atoms with E-state index >= 15 is 0 Å². The summed E-state index contributed by atoms with van der Waals surface area (Å²) in [5.41, 5.74) is 0.0401. The number of piperazine rings is 1. The van der Waals surface area contributed by atoms with Crippen LogP contribution in [0.2, 0.25) is 0 Å². The fourth-order valence-corrected chi connectivity index (χ4v) is 3.16. The summed E-state index contributed by atoms with van der Waals surface area (Å²) >= 11 is 0. The first-order valence-electron chi connectivity index (χ1n) is 8.63. The summed E-state index contributed by atoms with van der Waals surface area (Å²) in [7, 11) is 0. The zero-order valence-electron chi connectivity index (χ0n) is 14.4. The maximum Gasteiger partial charge on any atom is 0.236 e. The first-order valence-corrected chi connectivity index (χ1v) is 8.63. The summed E-state index contributed by atoms with van der Waals surface area (Å²) in [4.78, 5) is 30.6. The van der Waals surface area contributed by atoms with Gasteiger partial charge < -0.3 is 9.80 Å². The lowest BCUT2D eigenvalue weighted by Gasteiger charge is -2.37. The van der Waals surface area contributed by atoms with Crippen molar-refractivity contribution < 1.29 is 9.59 Å². The van der Waals surface area contributed by atoms with Crippen LogP contribution in [-0.4, -0.2) is 72.3 Å². The number of nitrogens with zero attached hydrogens (tertiary/aromatic N) is 3. The van der Waals surface area contributed by atoms with Crippen LogP contribution < -0.4 is 0 Å². The lowest BCUT2D eigenvalue weighted by molar-refractivity contribution is -0.136. The summed E-state index contributed by atoms with van der Waals surface area (Å²) in [5, 5.41) is 0. The van der Waals surface area contributed by atoms with Gasteiger partial charge in [0.05, 0.1) is 6.54 Å². The quantitative estimate of drug-likeness (QED) is 0.795. The highest BCUT2D eigenvalue weighted by Crippen LogP contribution is 2.20. The second-order valence-corrected chi connectivity index (χ2v) is 7.84. The lowest BCUT2D eigenvalue weighted by atomic mass is 9.91. The van der Waals surface area contributed by atoms with Crippen molar-refractivity contribution >= 4 is 11.8 Å². The zero-order chi connectivity index (χ0) is 16.2. The van der Waals surface area contributed by atoms with Gasteiger partial charge in [-0.3, -0.25) is 14.5 Å². The van der Waals surface area contributed by atoms with Gasteiger partial charge in [-0.1, -0.05) is 20.8 Å². The van der Waals surface area contributed by atoms with Crippen LogP contribution in [0.15, 0.2) is 0 Å². The van der Waals surface area contributed by atoms with Crippen LogP contribution in [0, 0.1) is 5.41 Å². The summed E-state index contributed by atoms with van der Waals surface area (Å²) in [6, 6.07) is 0. The highest BCUT2D eigenvalue weighted by atomic mass is 16.2. The Labute approximate surface area is 134 Å². The molecule has 2 aliphatic rings. The molecule has 0 radical (unpaired) electrons. The monoisotopic (exact) mass is 309 g/mol. The first-order chi connectivity index (χ1) is 10.3. The second kappa shape index (κ2) is 7.44. The van der Waals surface area contributed by atoms with E-state index in [1.54, 1.807) is 0 Å². The maximum atomic E-state index is 12.3. The lowest BCUT2D eigenvalue weighted by Crippen LogP contribution is -2.52. The molecule has 0 aromatic heterocycles. The van der Waals surface area contributed by atoms with Crippen LogP contribution in [0.3, 0.4) is 0 Å². The Bertz CT molecular complexity index is 389. The van der Waals surface area contributed by atoms with Gasteiger partial charge in [-0.15, -0.1) is 0 Å². The van der Waals surface area contributed by atoms with Gasteiger partial charge in [0.1, 0.15) is 0 Å². The standard InChI is InChI=1S/C17H31N3O2/c1-17(2,3)13-15(21)20-11-9-18(10-12-20)14-16(22)19-7-5-4-6-8-19/h4-14H2,1-3H3. The van der Waals surface area contributed by atoms with E-state index in [1.165, 1.54) is 6.42 Å². The summed E-state index contributed by atoms with van der Waals surface area (Å²) in [5.74, 6) is 0.503. The molecule has 2 fully saturated rings. The van der Waals surface area contributed by atoms with Crippen LogP contribution in [0.5, 0.6) is 0 Å². The maximum absolute atomic E-state index is 12.3. The zero-order valence-corrected chi connectivity index (χ0v) is 14.4. The van der Waals surface area contributed by atoms with Crippen molar-refractivity contribution in [1.29, 1.82) is 0 Å². The molecule has 5 heteroatoms. The van der Waals surface area contributed by atoms with E-state index < -0.39 is 0 Å². The van der Waals surface area contributed by atoms with Crippen molar-refractivity contribution in [2.75, 3.05) is 45.8 Å². The first kappa shape index (κ1) is 17.3. The molecule has 0 saturated carbocycles. The summed E-state index contributed by atoms with van der Waals surface area (Å²) in [6.07, 6.45) is 4.12. The molecule has 2 rings (SSSR count). The molecule has 2 saturated heterocycles. The van der Waals surface area contributed by atoms with E-state index in [9.17, 15) is 9.59 Å². The van der Waals surface area contributed by atoms with Gasteiger partial charge in [0.2, 0.25) is 11.8 Å². The molecule has 2 heterocycles. The molecule has 2 aliphatic heterocycles. The number of carbonyl (C=O) groups excluding carboxylic acids is 2. The highest BCUT2D eigenvalue weighted by Gasteiger charge is 2.26. The molecule has 0 aliphatic carbocycles. The fraction of sp³-hybridized carbons (Fsp3) is 0.882. The molecule has 126 valence electrons. The Morgan fingerprint density at radius 1 is 0.773 bits per heavy atom. The molecule has 0 bridgehead atoms. The van der Waals surface area contributed by atoms with Gasteiger partial charge in [-0.05, 0) is 24.7 Å². The third-order valence-electron chi connectivity index (χ3n) is 4.47. The molecule has 0 aromatic carbocycles. The predicted octanol–water partition coefficient (Wildman–Crippen LogP) is 1.58. The van der Waals surface area contributed by atoms with Gasteiger partial charge in [0.25, 0.3) is 0 Å². The Morgan fingerprint density at radius 3 is 1.86 bits per heavy atom. The number of carbonyl (C=O) groups is 2. The van der Waals surface area contributed by atoms with Crippen molar-refractivity contribution in [3.63, 3.8) is 0 Å². The van der Waals surface area contributed by atoms with Crippen LogP contribution in [-0.2, 0) is 9.59 Å². The topological polar surface area (TPSA) is 43.9 Å². The number of piperidine rings is 1. The largest absolute Gasteiger partial charge is 0.342 e. The molecular formula is C17H31N3O2. The minimum absolute atomic E-state index is 0.0401. The Kier molecular flexibility index (Phi) is 5.84. The normalized spacial score (nSPS) is 21.0. The van der Waals surface area contributed by atoms with Crippen molar-refractivity contribution in [3.05, 3.63) is 0 Å². The minimum atomic E-state index is 0.0401. The Morgan fingerprint density at radius 2 is 1.32 bits per heavy atom. The van der Waals surface area contributed by atoms with E-state index in [-0.39, 0.29) is 17.2 Å². The van der Waals surface area contributed by atoms with E-state index in [1.807, 2.05) is 9.80 Å². The number of hydrogen-bond donors (Lipinski definition) is 0. The molecule has 0 aromatic rings. The van der Waals surface area contributed by atoms with Crippen LogP contribution in [0.4, 0.5) is 0 Å². The van der Waals surface area contributed by atoms with Gasteiger partial charge >= 0.3 is 0 Å². The van der Waals surface area contributed by atoms with Gasteiger partial charge in [0, 0.05) is 45.7 Å². The van der Waals surface area contributed by atoms with Crippen molar-refractivity contribution in [2.24, 2.45) is 5.41 Å². The molecule has 22 heavy (non-hydrogen) atoms. The Hall–Kier alpha value is -1.10. The number of rotatable bonds is 3. The Balaban J connectivity index is 1.72. The molecule has 2 amide bonds. The molecule has 0 atom stereocenters. The van der Waals surface area contributed by atoms with Gasteiger partial charge in [-0.25, -0.2) is 0 Å². The molecular weight excluding hydrogens is 278 g/mol. The number of hydrogen-bond acceptors (Lipinski definition) is 3. The van der Waals surface area contributed by atoms with E-state index in [4.69, 9.17) is 0 Å². The third kappa shape index (κ3) is 5.27. The smallest absolute Gasteiger partial charge is 0.236 e. The van der Waals surface area contributed by atoms with Crippen LogP contribution in [0.1, 0.15) is 46.5 Å². The summed E-state index contributed by atoms with van der Waals surface area (Å²) < 4.78 is 0. The third-order valence-corrected chi connectivity index (χ3v) is 4.47. The van der Waals surface area contributed by atoms with Gasteiger partial charge in [-0.2, -0.15) is 0 Å². The minimum Gasteiger partial charge on any atom is -0.342 e. The van der Waals surface area contributed by atoms with Crippen molar-refractivity contribution in [2.45, 2.75) is 46.5 Å².